The van der Waals surface area contributed by atoms with Crippen molar-refractivity contribution >= 4 is 52.6 Å². The van der Waals surface area contributed by atoms with Crippen LogP contribution < -0.4 is 16.0 Å². The van der Waals surface area contributed by atoms with Gasteiger partial charge in [0.2, 0.25) is 17.7 Å². The van der Waals surface area contributed by atoms with Crippen LogP contribution in [0, 0.1) is 29.6 Å². The number of nitriles is 1. The largest absolute Gasteiger partial charge is 0.385 e. The Balaban J connectivity index is 1.48. The molecule has 0 aromatic heterocycles. The molecule has 0 aliphatic carbocycles. The monoisotopic (exact) mass is 542 g/mol. The number of carbonyl (C=O) groups is 3. The molecule has 198 valence electrons. The van der Waals surface area contributed by atoms with Crippen LogP contribution in [0.2, 0.25) is 0 Å². The molecular weight excluding hydrogens is 508 g/mol. The third kappa shape index (κ3) is 8.60. The quantitative estimate of drug-likeness (QED) is 0.344. The number of hydrogen-bond acceptors (Lipinski definition) is 8. The summed E-state index contributed by atoms with van der Waals surface area (Å²) in [6, 6.07) is 9.60. The van der Waals surface area contributed by atoms with E-state index in [4.69, 9.17) is 6.42 Å². The van der Waals surface area contributed by atoms with Crippen molar-refractivity contribution in [1.29, 1.82) is 5.26 Å². The predicted octanol–water partition coefficient (Wildman–Crippen LogP) is 2.05. The van der Waals surface area contributed by atoms with Gasteiger partial charge in [-0.1, -0.05) is 12.0 Å². The molecule has 0 radical (unpaired) electrons. The summed E-state index contributed by atoms with van der Waals surface area (Å²) in [6.45, 7) is 5.32. The highest BCUT2D eigenvalue weighted by molar-refractivity contribution is 8.01. The van der Waals surface area contributed by atoms with E-state index in [1.807, 2.05) is 49.0 Å². The number of amides is 3. The van der Waals surface area contributed by atoms with Crippen LogP contribution in [0.1, 0.15) is 19.8 Å². The van der Waals surface area contributed by atoms with Gasteiger partial charge in [0.25, 0.3) is 0 Å². The number of benzene rings is 1. The molecule has 11 heteroatoms. The summed E-state index contributed by atoms with van der Waals surface area (Å²) in [5, 5.41) is 17.8. The van der Waals surface area contributed by atoms with Crippen LogP contribution >= 0.6 is 23.5 Å². The normalized spacial score (nSPS) is 20.5. The Kier molecular flexibility index (Phi) is 11.5. The third-order valence-corrected chi connectivity index (χ3v) is 8.66. The molecule has 3 atom stereocenters. The molecule has 0 bridgehead atoms. The number of thioether (sulfide) groups is 2. The van der Waals surface area contributed by atoms with E-state index < -0.39 is 11.8 Å². The Labute approximate surface area is 227 Å². The van der Waals surface area contributed by atoms with Gasteiger partial charge in [0.05, 0.1) is 29.8 Å². The van der Waals surface area contributed by atoms with Gasteiger partial charge in [-0.25, -0.2) is 0 Å². The minimum absolute atomic E-state index is 0.0219. The second-order valence-corrected chi connectivity index (χ2v) is 11.4. The Morgan fingerprint density at radius 3 is 2.73 bits per heavy atom. The number of terminal acetylenes is 1. The van der Waals surface area contributed by atoms with Crippen LogP contribution in [0.4, 0.5) is 11.4 Å². The zero-order valence-corrected chi connectivity index (χ0v) is 22.7. The number of anilines is 2. The maximum Gasteiger partial charge on any atom is 0.238 e. The van der Waals surface area contributed by atoms with Crippen LogP contribution in [-0.2, 0) is 14.4 Å². The van der Waals surface area contributed by atoms with Gasteiger partial charge in [0.1, 0.15) is 5.92 Å². The molecule has 9 nitrogen and oxygen atoms in total. The van der Waals surface area contributed by atoms with Crippen LogP contribution in [0.5, 0.6) is 0 Å². The maximum atomic E-state index is 13.0. The standard InChI is InChI=1S/C26H34N6O3S2/c1-3-9-29-25(34)19(17-27)15-24-32(4-2)26(35)22(37-24)8-10-28-20-6-5-7-21(16-20)30-23(33)18-31-11-13-36-14-12-31/h1,5-7,16,19,22,24,28H,4,8-15,18H2,2H3,(H,29,34)(H,30,33). The van der Waals surface area contributed by atoms with Crippen molar-refractivity contribution in [2.24, 2.45) is 5.92 Å². The molecule has 3 rings (SSSR count). The van der Waals surface area contributed by atoms with Crippen LogP contribution in [0.15, 0.2) is 24.3 Å². The van der Waals surface area contributed by atoms with Crippen molar-refractivity contribution in [2.75, 3.05) is 61.4 Å². The summed E-state index contributed by atoms with van der Waals surface area (Å²) in [6.07, 6.45) is 6.04. The summed E-state index contributed by atoms with van der Waals surface area (Å²) in [7, 11) is 0. The van der Waals surface area contributed by atoms with E-state index in [0.717, 1.165) is 36.0 Å². The minimum atomic E-state index is -0.865. The molecule has 0 spiro atoms. The van der Waals surface area contributed by atoms with Gasteiger partial charge in [-0.05, 0) is 31.5 Å². The SMILES string of the molecule is C#CCNC(=O)C(C#N)CC1SC(CCNc2cccc(NC(=O)CN3CCSCC3)c2)C(=O)N1CC. The van der Waals surface area contributed by atoms with Crippen LogP contribution in [0.25, 0.3) is 0 Å². The molecule has 3 unspecified atom stereocenters. The van der Waals surface area contributed by atoms with Crippen molar-refractivity contribution in [3.8, 4) is 18.4 Å². The maximum absolute atomic E-state index is 13.0. The summed E-state index contributed by atoms with van der Waals surface area (Å²) in [4.78, 5) is 41.5. The first-order valence-electron chi connectivity index (χ1n) is 12.5. The zero-order chi connectivity index (χ0) is 26.6. The fourth-order valence-corrected chi connectivity index (χ4v) is 6.85. The molecule has 0 saturated carbocycles. The van der Waals surface area contributed by atoms with Crippen molar-refractivity contribution in [3.63, 3.8) is 0 Å². The molecule has 1 aromatic carbocycles. The van der Waals surface area contributed by atoms with Crippen LogP contribution in [-0.4, -0.2) is 88.9 Å². The van der Waals surface area contributed by atoms with Crippen molar-refractivity contribution < 1.29 is 14.4 Å². The number of rotatable bonds is 12. The highest BCUT2D eigenvalue weighted by Crippen LogP contribution is 2.37. The Bertz CT molecular complexity index is 1030. The minimum Gasteiger partial charge on any atom is -0.385 e. The molecule has 37 heavy (non-hydrogen) atoms. The van der Waals surface area contributed by atoms with Crippen molar-refractivity contribution in [3.05, 3.63) is 24.3 Å². The first-order valence-corrected chi connectivity index (χ1v) is 14.6. The van der Waals surface area contributed by atoms with E-state index in [0.29, 0.717) is 26.1 Å². The summed E-state index contributed by atoms with van der Waals surface area (Å²) < 4.78 is 0. The van der Waals surface area contributed by atoms with Gasteiger partial charge in [-0.3, -0.25) is 19.3 Å². The predicted molar refractivity (Wildman–Crippen MR) is 150 cm³/mol. The average Bonchev–Trinajstić information content (AvgIpc) is 3.20. The molecule has 2 saturated heterocycles. The fourth-order valence-electron chi connectivity index (χ4n) is 4.28. The number of hydrogen-bond donors (Lipinski definition) is 3. The molecule has 2 fully saturated rings. The van der Waals surface area contributed by atoms with E-state index in [1.54, 1.807) is 4.90 Å². The van der Waals surface area contributed by atoms with Gasteiger partial charge in [0.15, 0.2) is 0 Å². The van der Waals surface area contributed by atoms with E-state index in [9.17, 15) is 19.6 Å². The van der Waals surface area contributed by atoms with Gasteiger partial charge in [0, 0.05) is 55.5 Å². The summed E-state index contributed by atoms with van der Waals surface area (Å²) >= 11 is 3.42. The van der Waals surface area contributed by atoms with Crippen molar-refractivity contribution in [2.45, 2.75) is 30.4 Å². The van der Waals surface area contributed by atoms with E-state index >= 15 is 0 Å². The van der Waals surface area contributed by atoms with Gasteiger partial charge >= 0.3 is 0 Å². The molecule has 2 heterocycles. The lowest BCUT2D eigenvalue weighted by atomic mass is 10.1. The number of nitrogens with zero attached hydrogens (tertiary/aromatic N) is 3. The topological polar surface area (TPSA) is 118 Å². The Morgan fingerprint density at radius 1 is 1.27 bits per heavy atom. The third-order valence-electron chi connectivity index (χ3n) is 6.20. The lowest BCUT2D eigenvalue weighted by Gasteiger charge is -2.25. The number of nitrogens with one attached hydrogen (secondary N) is 3. The zero-order valence-electron chi connectivity index (χ0n) is 21.1. The molecule has 3 N–H and O–H groups in total. The van der Waals surface area contributed by atoms with Gasteiger partial charge < -0.3 is 20.9 Å². The molecule has 2 aliphatic rings. The smallest absolute Gasteiger partial charge is 0.238 e. The highest BCUT2D eigenvalue weighted by Gasteiger charge is 2.40. The summed E-state index contributed by atoms with van der Waals surface area (Å²) in [5.74, 6) is 3.19. The van der Waals surface area contributed by atoms with Gasteiger partial charge in [-0.15, -0.1) is 18.2 Å². The van der Waals surface area contributed by atoms with Crippen molar-refractivity contribution in [1.82, 2.24) is 15.1 Å². The first kappa shape index (κ1) is 28.7. The van der Waals surface area contributed by atoms with E-state index in [-0.39, 0.29) is 35.4 Å². The van der Waals surface area contributed by atoms with E-state index in [1.165, 1.54) is 11.8 Å². The fraction of sp³-hybridized carbons (Fsp3) is 0.538. The molecular formula is C26H34N6O3S2. The van der Waals surface area contributed by atoms with Gasteiger partial charge in [-0.2, -0.15) is 17.0 Å². The second kappa shape index (κ2) is 14.8. The second-order valence-electron chi connectivity index (χ2n) is 8.78. The van der Waals surface area contributed by atoms with E-state index in [2.05, 4.69) is 26.8 Å². The first-order chi connectivity index (χ1) is 17.9. The Hall–Kier alpha value is -2.86. The average molecular weight is 543 g/mol. The lowest BCUT2D eigenvalue weighted by molar-refractivity contribution is -0.131. The molecule has 2 aliphatic heterocycles. The van der Waals surface area contributed by atoms with Crippen LogP contribution in [0.3, 0.4) is 0 Å². The molecule has 3 amide bonds. The number of carbonyl (C=O) groups excluding carboxylic acids is 3. The summed E-state index contributed by atoms with van der Waals surface area (Å²) in [5.41, 5.74) is 1.59. The lowest BCUT2D eigenvalue weighted by Crippen LogP contribution is -2.38. The molecule has 1 aromatic rings. The highest BCUT2D eigenvalue weighted by atomic mass is 32.2. The Morgan fingerprint density at radius 2 is 2.03 bits per heavy atom.